The van der Waals surface area contributed by atoms with Crippen molar-refractivity contribution in [2.75, 3.05) is 13.1 Å². The normalized spacial score (nSPS) is 20.9. The Kier molecular flexibility index (Phi) is 4.66. The summed E-state index contributed by atoms with van der Waals surface area (Å²) in [6.45, 7) is 7.18. The molecule has 1 aromatic carbocycles. The minimum absolute atomic E-state index is 0.0425. The first-order valence-corrected chi connectivity index (χ1v) is 8.98. The van der Waals surface area contributed by atoms with Gasteiger partial charge in [-0.25, -0.2) is 12.8 Å². The van der Waals surface area contributed by atoms with Crippen LogP contribution in [0, 0.1) is 17.2 Å². The SMILES string of the molecule is CC(C)(C)C1CCN(S(=O)(=O)c2cc(CCl)ccc2F)C1. The molecule has 0 saturated carbocycles. The number of hydrogen-bond acceptors (Lipinski definition) is 2. The smallest absolute Gasteiger partial charge is 0.207 e. The third-order valence-electron chi connectivity index (χ3n) is 4.14. The molecule has 1 aromatic rings. The molecule has 118 valence electrons. The quantitative estimate of drug-likeness (QED) is 0.792. The van der Waals surface area contributed by atoms with Crippen LogP contribution in [-0.2, 0) is 15.9 Å². The van der Waals surface area contributed by atoms with Crippen molar-refractivity contribution >= 4 is 21.6 Å². The summed E-state index contributed by atoms with van der Waals surface area (Å²) >= 11 is 5.71. The van der Waals surface area contributed by atoms with Gasteiger partial charge in [-0.3, -0.25) is 0 Å². The summed E-state index contributed by atoms with van der Waals surface area (Å²) in [5, 5.41) is 0. The van der Waals surface area contributed by atoms with Crippen molar-refractivity contribution in [2.45, 2.75) is 38.0 Å². The lowest BCUT2D eigenvalue weighted by Crippen LogP contribution is -2.31. The summed E-state index contributed by atoms with van der Waals surface area (Å²) in [4.78, 5) is -0.268. The number of nitrogens with zero attached hydrogens (tertiary/aromatic N) is 1. The topological polar surface area (TPSA) is 37.4 Å². The Labute approximate surface area is 131 Å². The molecule has 1 aliphatic heterocycles. The zero-order valence-corrected chi connectivity index (χ0v) is 14.1. The summed E-state index contributed by atoms with van der Waals surface area (Å²) in [5.41, 5.74) is 0.643. The summed E-state index contributed by atoms with van der Waals surface area (Å²) in [6.07, 6.45) is 0.805. The number of sulfonamides is 1. The zero-order valence-electron chi connectivity index (χ0n) is 12.6. The summed E-state index contributed by atoms with van der Waals surface area (Å²) < 4.78 is 40.6. The van der Waals surface area contributed by atoms with Crippen LogP contribution in [0.5, 0.6) is 0 Å². The number of rotatable bonds is 3. The van der Waals surface area contributed by atoms with E-state index in [1.165, 1.54) is 22.5 Å². The molecule has 1 fully saturated rings. The Balaban J connectivity index is 2.32. The first-order valence-electron chi connectivity index (χ1n) is 7.01. The highest BCUT2D eigenvalue weighted by Gasteiger charge is 2.38. The molecule has 0 aliphatic carbocycles. The first kappa shape index (κ1) is 16.7. The second-order valence-corrected chi connectivity index (χ2v) is 8.79. The van der Waals surface area contributed by atoms with Crippen molar-refractivity contribution in [1.82, 2.24) is 4.31 Å². The fourth-order valence-corrected chi connectivity index (χ4v) is 4.40. The summed E-state index contributed by atoms with van der Waals surface area (Å²) in [7, 11) is -3.80. The molecule has 1 aliphatic rings. The van der Waals surface area contributed by atoms with Gasteiger partial charge in [-0.15, -0.1) is 11.6 Å². The molecule has 2 rings (SSSR count). The van der Waals surface area contributed by atoms with Crippen LogP contribution in [0.3, 0.4) is 0 Å². The van der Waals surface area contributed by atoms with Crippen LogP contribution in [-0.4, -0.2) is 25.8 Å². The maximum atomic E-state index is 13.9. The van der Waals surface area contributed by atoms with Crippen LogP contribution >= 0.6 is 11.6 Å². The van der Waals surface area contributed by atoms with Gasteiger partial charge in [-0.2, -0.15) is 4.31 Å². The molecule has 1 heterocycles. The number of alkyl halides is 1. The van der Waals surface area contributed by atoms with Gasteiger partial charge >= 0.3 is 0 Å². The molecule has 6 heteroatoms. The maximum absolute atomic E-state index is 13.9. The second-order valence-electron chi connectivity index (χ2n) is 6.61. The van der Waals surface area contributed by atoms with Crippen LogP contribution in [0.4, 0.5) is 4.39 Å². The Hall–Kier alpha value is -0.650. The van der Waals surface area contributed by atoms with Crippen molar-refractivity contribution < 1.29 is 12.8 Å². The molecule has 1 atom stereocenters. The van der Waals surface area contributed by atoms with Gasteiger partial charge in [-0.1, -0.05) is 26.8 Å². The van der Waals surface area contributed by atoms with E-state index >= 15 is 0 Å². The van der Waals surface area contributed by atoms with E-state index < -0.39 is 15.8 Å². The number of hydrogen-bond donors (Lipinski definition) is 0. The Morgan fingerprint density at radius 2 is 2.05 bits per heavy atom. The van der Waals surface area contributed by atoms with Gasteiger partial charge in [0.05, 0.1) is 0 Å². The lowest BCUT2D eigenvalue weighted by Gasteiger charge is -2.27. The highest BCUT2D eigenvalue weighted by Crippen LogP contribution is 2.36. The second kappa shape index (κ2) is 5.86. The van der Waals surface area contributed by atoms with Gasteiger partial charge in [0, 0.05) is 19.0 Å². The van der Waals surface area contributed by atoms with Crippen molar-refractivity contribution in [3.8, 4) is 0 Å². The molecular formula is C15H21ClFNO2S. The monoisotopic (exact) mass is 333 g/mol. The molecule has 0 radical (unpaired) electrons. The Morgan fingerprint density at radius 3 is 2.57 bits per heavy atom. The summed E-state index contributed by atoms with van der Waals surface area (Å²) in [5.74, 6) is -0.275. The van der Waals surface area contributed by atoms with E-state index in [0.717, 1.165) is 6.42 Å². The van der Waals surface area contributed by atoms with Crippen LogP contribution < -0.4 is 0 Å². The maximum Gasteiger partial charge on any atom is 0.246 e. The predicted octanol–water partition coefficient (Wildman–Crippen LogP) is 3.62. The minimum Gasteiger partial charge on any atom is -0.207 e. The largest absolute Gasteiger partial charge is 0.246 e. The average Bonchev–Trinajstić information content (AvgIpc) is 2.89. The predicted molar refractivity (Wildman–Crippen MR) is 82.3 cm³/mol. The first-order chi connectivity index (χ1) is 9.66. The highest BCUT2D eigenvalue weighted by atomic mass is 35.5. The molecule has 1 unspecified atom stereocenters. The number of halogens is 2. The molecule has 0 amide bonds. The fraction of sp³-hybridized carbons (Fsp3) is 0.600. The van der Waals surface area contributed by atoms with Crippen LogP contribution in [0.1, 0.15) is 32.8 Å². The van der Waals surface area contributed by atoms with E-state index in [4.69, 9.17) is 11.6 Å². The molecule has 0 bridgehead atoms. The van der Waals surface area contributed by atoms with Gasteiger partial charge in [0.1, 0.15) is 10.7 Å². The van der Waals surface area contributed by atoms with Crippen molar-refractivity contribution in [3.63, 3.8) is 0 Å². The van der Waals surface area contributed by atoms with E-state index in [2.05, 4.69) is 20.8 Å². The van der Waals surface area contributed by atoms with E-state index in [-0.39, 0.29) is 22.1 Å². The third-order valence-corrected chi connectivity index (χ3v) is 6.33. The van der Waals surface area contributed by atoms with Gasteiger partial charge in [0.15, 0.2) is 0 Å². The fourth-order valence-electron chi connectivity index (χ4n) is 2.62. The average molecular weight is 334 g/mol. The molecule has 0 N–H and O–H groups in total. The molecule has 3 nitrogen and oxygen atoms in total. The van der Waals surface area contributed by atoms with E-state index in [9.17, 15) is 12.8 Å². The van der Waals surface area contributed by atoms with E-state index in [1.807, 2.05) is 0 Å². The molecule has 0 spiro atoms. The standard InChI is InChI=1S/C15H21ClFNO2S/c1-15(2,3)12-6-7-18(10-12)21(19,20)14-8-11(9-16)4-5-13(14)17/h4-5,8,12H,6-7,9-10H2,1-3H3. The van der Waals surface area contributed by atoms with E-state index in [0.29, 0.717) is 18.7 Å². The van der Waals surface area contributed by atoms with Gasteiger partial charge in [0.2, 0.25) is 10.0 Å². The lowest BCUT2D eigenvalue weighted by molar-refractivity contribution is 0.252. The Bertz CT molecular complexity index is 625. The van der Waals surface area contributed by atoms with Crippen molar-refractivity contribution in [3.05, 3.63) is 29.6 Å². The molecule has 21 heavy (non-hydrogen) atoms. The lowest BCUT2D eigenvalue weighted by atomic mass is 9.80. The third kappa shape index (κ3) is 3.41. The van der Waals surface area contributed by atoms with Crippen LogP contribution in [0.25, 0.3) is 0 Å². The van der Waals surface area contributed by atoms with Crippen molar-refractivity contribution in [2.24, 2.45) is 11.3 Å². The van der Waals surface area contributed by atoms with Gasteiger partial charge in [-0.05, 0) is 35.4 Å². The van der Waals surface area contributed by atoms with Crippen LogP contribution in [0.2, 0.25) is 0 Å². The molecule has 1 saturated heterocycles. The van der Waals surface area contributed by atoms with Gasteiger partial charge in [0.25, 0.3) is 0 Å². The highest BCUT2D eigenvalue weighted by molar-refractivity contribution is 7.89. The Morgan fingerprint density at radius 1 is 1.38 bits per heavy atom. The van der Waals surface area contributed by atoms with Crippen molar-refractivity contribution in [1.29, 1.82) is 0 Å². The van der Waals surface area contributed by atoms with Gasteiger partial charge < -0.3 is 0 Å². The minimum atomic E-state index is -3.80. The van der Waals surface area contributed by atoms with Crippen LogP contribution in [0.15, 0.2) is 23.1 Å². The summed E-state index contributed by atoms with van der Waals surface area (Å²) in [6, 6.07) is 4.01. The van der Waals surface area contributed by atoms with E-state index in [1.54, 1.807) is 0 Å². The zero-order chi connectivity index (χ0) is 15.8. The molecular weight excluding hydrogens is 313 g/mol. The molecule has 0 aromatic heterocycles. The number of benzene rings is 1.